The van der Waals surface area contributed by atoms with Crippen molar-refractivity contribution in [1.29, 1.82) is 0 Å². The molecule has 3 aromatic rings. The molecule has 2 heterocycles. The molecule has 168 valence electrons. The number of amides is 1. The van der Waals surface area contributed by atoms with Crippen LogP contribution in [-0.2, 0) is 11.3 Å². The SMILES string of the molecule is COc1ccc(-c2noc(CN3CCCC(C(=O)Nc4ccccc4F)C3)n2)cc1OC. The first-order valence-electron chi connectivity index (χ1n) is 10.4. The number of likely N-dealkylation sites (tertiary alicyclic amines) is 1. The van der Waals surface area contributed by atoms with E-state index in [4.69, 9.17) is 14.0 Å². The highest BCUT2D eigenvalue weighted by atomic mass is 19.1. The van der Waals surface area contributed by atoms with Crippen molar-refractivity contribution in [3.8, 4) is 22.9 Å². The van der Waals surface area contributed by atoms with Crippen LogP contribution in [0.15, 0.2) is 47.0 Å². The molecular weight excluding hydrogens is 415 g/mol. The first-order chi connectivity index (χ1) is 15.6. The maximum atomic E-state index is 13.8. The molecule has 1 aliphatic heterocycles. The number of nitrogens with zero attached hydrogens (tertiary/aromatic N) is 3. The molecule has 1 N–H and O–H groups in total. The number of hydrogen-bond acceptors (Lipinski definition) is 7. The van der Waals surface area contributed by atoms with Crippen molar-refractivity contribution in [2.45, 2.75) is 19.4 Å². The maximum absolute atomic E-state index is 13.8. The predicted octanol–water partition coefficient (Wildman–Crippen LogP) is 3.74. The molecule has 1 saturated heterocycles. The van der Waals surface area contributed by atoms with Gasteiger partial charge in [-0.2, -0.15) is 4.98 Å². The van der Waals surface area contributed by atoms with Gasteiger partial charge in [-0.3, -0.25) is 9.69 Å². The van der Waals surface area contributed by atoms with Crippen LogP contribution in [0.4, 0.5) is 10.1 Å². The maximum Gasteiger partial charge on any atom is 0.241 e. The first kappa shape index (κ1) is 21.8. The molecule has 0 spiro atoms. The number of carbonyl (C=O) groups is 1. The number of carbonyl (C=O) groups excluding carboxylic acids is 1. The van der Waals surface area contributed by atoms with Gasteiger partial charge in [0.1, 0.15) is 5.82 Å². The fourth-order valence-corrected chi connectivity index (χ4v) is 3.81. The third-order valence-electron chi connectivity index (χ3n) is 5.48. The minimum atomic E-state index is -0.443. The molecule has 8 nitrogen and oxygen atoms in total. The number of para-hydroxylation sites is 1. The lowest BCUT2D eigenvalue weighted by Crippen LogP contribution is -2.40. The first-order valence-corrected chi connectivity index (χ1v) is 10.4. The van der Waals surface area contributed by atoms with Gasteiger partial charge in [0.25, 0.3) is 0 Å². The number of halogens is 1. The van der Waals surface area contributed by atoms with Gasteiger partial charge in [0, 0.05) is 12.1 Å². The summed E-state index contributed by atoms with van der Waals surface area (Å²) in [4.78, 5) is 19.2. The van der Waals surface area contributed by atoms with E-state index in [9.17, 15) is 9.18 Å². The van der Waals surface area contributed by atoms with Crippen LogP contribution in [0.25, 0.3) is 11.4 Å². The molecule has 1 fully saturated rings. The van der Waals surface area contributed by atoms with Crippen molar-refractivity contribution in [3.63, 3.8) is 0 Å². The van der Waals surface area contributed by atoms with E-state index in [1.807, 2.05) is 6.07 Å². The van der Waals surface area contributed by atoms with Crippen molar-refractivity contribution in [3.05, 3.63) is 54.2 Å². The molecule has 1 atom stereocenters. The fourth-order valence-electron chi connectivity index (χ4n) is 3.81. The van der Waals surface area contributed by atoms with Gasteiger partial charge in [-0.25, -0.2) is 4.39 Å². The van der Waals surface area contributed by atoms with Crippen LogP contribution < -0.4 is 14.8 Å². The largest absolute Gasteiger partial charge is 0.493 e. The molecule has 0 bridgehead atoms. The second kappa shape index (κ2) is 9.78. The number of piperidine rings is 1. The van der Waals surface area contributed by atoms with Crippen LogP contribution in [0, 0.1) is 11.7 Å². The van der Waals surface area contributed by atoms with Gasteiger partial charge in [-0.1, -0.05) is 17.3 Å². The molecule has 1 amide bonds. The molecule has 32 heavy (non-hydrogen) atoms. The Balaban J connectivity index is 1.39. The van der Waals surface area contributed by atoms with Crippen molar-refractivity contribution in [2.24, 2.45) is 5.92 Å². The number of benzene rings is 2. The third kappa shape index (κ3) is 4.88. The smallest absolute Gasteiger partial charge is 0.241 e. The summed E-state index contributed by atoms with van der Waals surface area (Å²) in [5.41, 5.74) is 0.949. The summed E-state index contributed by atoms with van der Waals surface area (Å²) >= 11 is 0. The lowest BCUT2D eigenvalue weighted by molar-refractivity contribution is -0.121. The Hall–Kier alpha value is -3.46. The molecule has 9 heteroatoms. The van der Waals surface area contributed by atoms with E-state index >= 15 is 0 Å². The van der Waals surface area contributed by atoms with E-state index in [-0.39, 0.29) is 17.5 Å². The highest BCUT2D eigenvalue weighted by Crippen LogP contribution is 2.31. The van der Waals surface area contributed by atoms with Crippen LogP contribution >= 0.6 is 0 Å². The summed E-state index contributed by atoms with van der Waals surface area (Å²) in [6, 6.07) is 11.6. The van der Waals surface area contributed by atoms with Crippen LogP contribution in [-0.4, -0.2) is 48.3 Å². The van der Waals surface area contributed by atoms with Crippen LogP contribution in [0.1, 0.15) is 18.7 Å². The Morgan fingerprint density at radius 1 is 1.22 bits per heavy atom. The van der Waals surface area contributed by atoms with E-state index in [1.54, 1.807) is 44.6 Å². The molecule has 1 unspecified atom stereocenters. The van der Waals surface area contributed by atoms with E-state index < -0.39 is 5.82 Å². The van der Waals surface area contributed by atoms with Gasteiger partial charge in [0.15, 0.2) is 11.5 Å². The molecule has 0 saturated carbocycles. The summed E-state index contributed by atoms with van der Waals surface area (Å²) in [5, 5.41) is 6.77. The van der Waals surface area contributed by atoms with E-state index in [0.717, 1.165) is 24.9 Å². The zero-order valence-electron chi connectivity index (χ0n) is 18.0. The van der Waals surface area contributed by atoms with Crippen molar-refractivity contribution >= 4 is 11.6 Å². The molecule has 1 aromatic heterocycles. The average Bonchev–Trinajstić information content (AvgIpc) is 3.28. The summed E-state index contributed by atoms with van der Waals surface area (Å²) in [6.45, 7) is 1.79. The Bertz CT molecular complexity index is 1090. The number of hydrogen-bond donors (Lipinski definition) is 1. The molecule has 1 aliphatic rings. The van der Waals surface area contributed by atoms with E-state index in [2.05, 4.69) is 20.4 Å². The number of rotatable bonds is 7. The lowest BCUT2D eigenvalue weighted by Gasteiger charge is -2.30. The predicted molar refractivity (Wildman–Crippen MR) is 116 cm³/mol. The highest BCUT2D eigenvalue weighted by Gasteiger charge is 2.27. The Morgan fingerprint density at radius 3 is 2.81 bits per heavy atom. The standard InChI is InChI=1S/C23H25FN4O4/c1-30-19-10-9-15(12-20(19)31-2)22-26-21(32-27-22)14-28-11-5-6-16(13-28)23(29)25-18-8-4-3-7-17(18)24/h3-4,7-10,12,16H,5-6,11,13-14H2,1-2H3,(H,25,29). The summed E-state index contributed by atoms with van der Waals surface area (Å²) in [7, 11) is 3.14. The van der Waals surface area contributed by atoms with Crippen LogP contribution in [0.5, 0.6) is 11.5 Å². The van der Waals surface area contributed by atoms with Gasteiger partial charge < -0.3 is 19.3 Å². The summed E-state index contributed by atoms with van der Waals surface area (Å²) in [5.74, 6) is 1.25. The highest BCUT2D eigenvalue weighted by molar-refractivity contribution is 5.92. The van der Waals surface area contributed by atoms with Crippen LogP contribution in [0.2, 0.25) is 0 Å². The van der Waals surface area contributed by atoms with Crippen molar-refractivity contribution in [1.82, 2.24) is 15.0 Å². The zero-order chi connectivity index (χ0) is 22.5. The Kier molecular flexibility index (Phi) is 6.65. The zero-order valence-corrected chi connectivity index (χ0v) is 18.0. The second-order valence-electron chi connectivity index (χ2n) is 7.62. The molecule has 4 rings (SSSR count). The van der Waals surface area contributed by atoms with Gasteiger partial charge in [-0.05, 0) is 49.7 Å². The second-order valence-corrected chi connectivity index (χ2v) is 7.62. The monoisotopic (exact) mass is 440 g/mol. The molecule has 2 aromatic carbocycles. The Labute approximate surface area is 185 Å². The summed E-state index contributed by atoms with van der Waals surface area (Å²) < 4.78 is 29.9. The van der Waals surface area contributed by atoms with Gasteiger partial charge in [0.05, 0.1) is 32.4 Å². The molecule has 0 radical (unpaired) electrons. The number of aromatic nitrogens is 2. The number of methoxy groups -OCH3 is 2. The lowest BCUT2D eigenvalue weighted by atomic mass is 9.97. The normalized spacial score (nSPS) is 16.5. The minimum absolute atomic E-state index is 0.184. The van der Waals surface area contributed by atoms with E-state index in [1.165, 1.54) is 6.07 Å². The third-order valence-corrected chi connectivity index (χ3v) is 5.48. The van der Waals surface area contributed by atoms with Crippen molar-refractivity contribution in [2.75, 3.05) is 32.6 Å². The van der Waals surface area contributed by atoms with Gasteiger partial charge >= 0.3 is 0 Å². The average molecular weight is 440 g/mol. The van der Waals surface area contributed by atoms with E-state index in [0.29, 0.717) is 36.3 Å². The number of ether oxygens (including phenoxy) is 2. The summed E-state index contributed by atoms with van der Waals surface area (Å²) in [6.07, 6.45) is 1.60. The number of anilines is 1. The fraction of sp³-hybridized carbons (Fsp3) is 0.348. The van der Waals surface area contributed by atoms with Gasteiger partial charge in [-0.15, -0.1) is 0 Å². The van der Waals surface area contributed by atoms with Crippen LogP contribution in [0.3, 0.4) is 0 Å². The number of nitrogens with one attached hydrogen (secondary N) is 1. The van der Waals surface area contributed by atoms with Gasteiger partial charge in [0.2, 0.25) is 17.6 Å². The topological polar surface area (TPSA) is 89.7 Å². The van der Waals surface area contributed by atoms with Crippen molar-refractivity contribution < 1.29 is 23.2 Å². The quantitative estimate of drug-likeness (QED) is 0.599. The molecular formula is C23H25FN4O4. The minimum Gasteiger partial charge on any atom is -0.493 e. The molecule has 0 aliphatic carbocycles. The Morgan fingerprint density at radius 2 is 2.03 bits per heavy atom.